The fraction of sp³-hybridized carbons (Fsp3) is 0.0500. The Kier molecular flexibility index (Phi) is 5.07. The van der Waals surface area contributed by atoms with Crippen LogP contribution in [0.15, 0.2) is 146 Å². The van der Waals surface area contributed by atoms with Crippen molar-refractivity contribution in [1.82, 2.24) is 0 Å². The van der Waals surface area contributed by atoms with Crippen LogP contribution < -0.4 is 30.3 Å². The van der Waals surface area contributed by atoms with E-state index in [-0.39, 0.29) is 6.04 Å². The summed E-state index contributed by atoms with van der Waals surface area (Å²) in [5.41, 5.74) is 5.73. The number of hydrogen-bond donors (Lipinski definition) is 0. The molecule has 1 aliphatic carbocycles. The van der Waals surface area contributed by atoms with Crippen molar-refractivity contribution in [2.24, 2.45) is 0 Å². The highest BCUT2D eigenvalue weighted by molar-refractivity contribution is 7.86. The number of benzene rings is 6. The van der Waals surface area contributed by atoms with E-state index in [2.05, 4.69) is 83.8 Å². The molecule has 3 aliphatic heterocycles. The third-order valence-corrected chi connectivity index (χ3v) is 12.8. The second kappa shape index (κ2) is 9.11. The van der Waals surface area contributed by atoms with E-state index in [1.807, 2.05) is 66.7 Å². The zero-order valence-corrected chi connectivity index (χ0v) is 25.0. The minimum absolute atomic E-state index is 0.248. The second-order valence-electron chi connectivity index (χ2n) is 12.0. The first kappa shape index (κ1) is 25.1. The molecule has 0 amide bonds. The van der Waals surface area contributed by atoms with Gasteiger partial charge in [-0.1, -0.05) is 97.1 Å². The molecule has 10 rings (SSSR count). The number of nitrogens with zero attached hydrogens (tertiary/aromatic N) is 1. The van der Waals surface area contributed by atoms with Crippen molar-refractivity contribution in [2.45, 2.75) is 12.0 Å². The Morgan fingerprint density at radius 3 is 2.29 bits per heavy atom. The summed E-state index contributed by atoms with van der Waals surface area (Å²) in [6, 6.07) is 41.5. The van der Waals surface area contributed by atoms with E-state index in [0.29, 0.717) is 39.5 Å². The SMILES string of the molecule is O=P12c3ccccc3Oc3cc(-c4ccc(N5c6ccccc6C6C=CC=CC65)cc4)cc(c31)Oc1c2ccc2ccccc12. The molecule has 4 nitrogen and oxygen atoms in total. The van der Waals surface area contributed by atoms with Crippen molar-refractivity contribution in [3.8, 4) is 34.1 Å². The van der Waals surface area contributed by atoms with Crippen LogP contribution in [0, 0.1) is 0 Å². The monoisotopic (exact) mass is 599 g/mol. The van der Waals surface area contributed by atoms with Gasteiger partial charge < -0.3 is 18.9 Å². The third-order valence-electron chi connectivity index (χ3n) is 9.63. The minimum Gasteiger partial charge on any atom is -0.456 e. The number of ether oxygens (including phenoxy) is 2. The lowest BCUT2D eigenvalue weighted by Crippen LogP contribution is -2.35. The molecule has 0 aromatic heterocycles. The molecule has 6 aromatic rings. The molecule has 0 spiro atoms. The maximum absolute atomic E-state index is 15.5. The van der Waals surface area contributed by atoms with Gasteiger partial charge in [0.1, 0.15) is 28.3 Å². The van der Waals surface area contributed by atoms with Crippen LogP contribution in [0.2, 0.25) is 0 Å². The summed E-state index contributed by atoms with van der Waals surface area (Å²) >= 11 is 0. The summed E-state index contributed by atoms with van der Waals surface area (Å²) in [6.07, 6.45) is 8.88. The minimum atomic E-state index is -3.27. The van der Waals surface area contributed by atoms with Gasteiger partial charge in [-0.25, -0.2) is 0 Å². The topological polar surface area (TPSA) is 38.8 Å². The van der Waals surface area contributed by atoms with E-state index < -0.39 is 7.14 Å². The molecule has 0 saturated carbocycles. The summed E-state index contributed by atoms with van der Waals surface area (Å²) in [5, 5.41) is 4.08. The van der Waals surface area contributed by atoms with E-state index in [4.69, 9.17) is 9.47 Å². The summed E-state index contributed by atoms with van der Waals surface area (Å²) < 4.78 is 28.7. The highest BCUT2D eigenvalue weighted by atomic mass is 31.2. The Morgan fingerprint density at radius 2 is 1.38 bits per heavy atom. The number of hydrogen-bond acceptors (Lipinski definition) is 4. The molecule has 214 valence electrons. The summed E-state index contributed by atoms with van der Waals surface area (Å²) in [4.78, 5) is 2.43. The van der Waals surface area contributed by atoms with E-state index in [0.717, 1.165) is 32.9 Å². The van der Waals surface area contributed by atoms with Crippen molar-refractivity contribution in [3.63, 3.8) is 0 Å². The molecule has 3 atom stereocenters. The van der Waals surface area contributed by atoms with Crippen molar-refractivity contribution >= 4 is 45.2 Å². The van der Waals surface area contributed by atoms with Crippen molar-refractivity contribution in [1.29, 1.82) is 0 Å². The molecule has 3 heterocycles. The van der Waals surface area contributed by atoms with Crippen LogP contribution >= 0.6 is 7.14 Å². The maximum Gasteiger partial charge on any atom is 0.185 e. The van der Waals surface area contributed by atoms with E-state index in [9.17, 15) is 0 Å². The Hall–Kier alpha value is -5.31. The average molecular weight is 600 g/mol. The first-order chi connectivity index (χ1) is 22.2. The van der Waals surface area contributed by atoms with Crippen LogP contribution in [0.1, 0.15) is 11.5 Å². The number of anilines is 2. The fourth-order valence-electron chi connectivity index (χ4n) is 7.61. The first-order valence-corrected chi connectivity index (χ1v) is 17.0. The van der Waals surface area contributed by atoms with Crippen LogP contribution in [0.5, 0.6) is 23.0 Å². The molecule has 6 aromatic carbocycles. The molecular formula is C40H26NO3P. The lowest BCUT2D eigenvalue weighted by atomic mass is 9.91. The standard InChI is InChI=1S/C40H26NO3P/c42-45-37-16-8-7-15-34(37)43-35-23-27(24-36(40(35)45)44-39-29-10-2-1-9-26(29)19-22-38(39)45)25-17-20-28(21-18-25)41-32-13-5-3-11-30(32)31-12-4-6-14-33(31)41/h1-24,30,32H. The molecule has 0 saturated heterocycles. The molecule has 0 N–H and O–H groups in total. The smallest absolute Gasteiger partial charge is 0.185 e. The van der Waals surface area contributed by atoms with Gasteiger partial charge in [0, 0.05) is 22.7 Å². The second-order valence-corrected chi connectivity index (χ2v) is 14.6. The van der Waals surface area contributed by atoms with Gasteiger partial charge in [0.05, 0.1) is 16.7 Å². The molecular weight excluding hydrogens is 573 g/mol. The molecule has 4 aliphatic rings. The highest BCUT2D eigenvalue weighted by Gasteiger charge is 2.47. The molecule has 0 radical (unpaired) electrons. The van der Waals surface area contributed by atoms with Crippen molar-refractivity contribution < 1.29 is 14.0 Å². The average Bonchev–Trinajstić information content (AvgIpc) is 3.43. The van der Waals surface area contributed by atoms with Gasteiger partial charge in [-0.15, -0.1) is 0 Å². The third kappa shape index (κ3) is 3.40. The zero-order chi connectivity index (χ0) is 29.7. The van der Waals surface area contributed by atoms with Gasteiger partial charge in [0.15, 0.2) is 7.14 Å². The zero-order valence-electron chi connectivity index (χ0n) is 24.1. The molecule has 45 heavy (non-hydrogen) atoms. The Bertz CT molecular complexity index is 2340. The quantitative estimate of drug-likeness (QED) is 0.186. The Balaban J connectivity index is 1.12. The first-order valence-electron chi connectivity index (χ1n) is 15.3. The normalized spacial score (nSPS) is 21.2. The lowest BCUT2D eigenvalue weighted by Gasteiger charge is -2.35. The molecule has 0 fully saturated rings. The van der Waals surface area contributed by atoms with E-state index in [1.165, 1.54) is 11.3 Å². The Labute approximate surface area is 260 Å². The fourth-order valence-corrected chi connectivity index (χ4v) is 10.7. The molecule has 3 unspecified atom stereocenters. The van der Waals surface area contributed by atoms with E-state index in [1.54, 1.807) is 0 Å². The summed E-state index contributed by atoms with van der Waals surface area (Å²) in [6.45, 7) is 0. The van der Waals surface area contributed by atoms with Crippen molar-refractivity contribution in [2.75, 3.05) is 4.90 Å². The predicted octanol–water partition coefficient (Wildman–Crippen LogP) is 9.09. The number of rotatable bonds is 2. The van der Waals surface area contributed by atoms with Gasteiger partial charge in [0.2, 0.25) is 0 Å². The predicted molar refractivity (Wildman–Crippen MR) is 182 cm³/mol. The Morgan fingerprint density at radius 1 is 0.622 bits per heavy atom. The van der Waals surface area contributed by atoms with Crippen molar-refractivity contribution in [3.05, 3.63) is 151 Å². The highest BCUT2D eigenvalue weighted by Crippen LogP contribution is 2.60. The lowest BCUT2D eigenvalue weighted by molar-refractivity contribution is 0.464. The number of fused-ring (bicyclic) bond motifs is 9. The van der Waals surface area contributed by atoms with Gasteiger partial charge in [-0.3, -0.25) is 0 Å². The van der Waals surface area contributed by atoms with Gasteiger partial charge in [0.25, 0.3) is 0 Å². The van der Waals surface area contributed by atoms with Crippen LogP contribution in [0.4, 0.5) is 11.4 Å². The number of allylic oxidation sites excluding steroid dienone is 2. The summed E-state index contributed by atoms with van der Waals surface area (Å²) in [7, 11) is -3.27. The van der Waals surface area contributed by atoms with E-state index >= 15 is 4.57 Å². The van der Waals surface area contributed by atoms with Crippen LogP contribution in [0.3, 0.4) is 0 Å². The summed E-state index contributed by atoms with van der Waals surface area (Å²) in [5.74, 6) is 2.80. The molecule has 5 heteroatoms. The van der Waals surface area contributed by atoms with Crippen LogP contribution in [0.25, 0.3) is 21.9 Å². The van der Waals surface area contributed by atoms with Crippen LogP contribution in [-0.2, 0) is 4.57 Å². The molecule has 0 bridgehead atoms. The number of para-hydroxylation sites is 2. The van der Waals surface area contributed by atoms with Gasteiger partial charge in [-0.2, -0.15) is 0 Å². The largest absolute Gasteiger partial charge is 0.456 e. The van der Waals surface area contributed by atoms with Gasteiger partial charge in [-0.05, 0) is 70.6 Å². The van der Waals surface area contributed by atoms with Gasteiger partial charge >= 0.3 is 0 Å². The van der Waals surface area contributed by atoms with Crippen LogP contribution in [-0.4, -0.2) is 6.04 Å². The maximum atomic E-state index is 15.5.